The predicted molar refractivity (Wildman–Crippen MR) is 327 cm³/mol. The number of nitrogens with zero attached hydrogens (tertiary/aromatic N) is 5. The van der Waals surface area contributed by atoms with Crippen LogP contribution in [0.2, 0.25) is 0 Å². The Morgan fingerprint density at radius 3 is 2.06 bits per heavy atom. The van der Waals surface area contributed by atoms with Crippen LogP contribution in [0, 0.1) is 0 Å². The van der Waals surface area contributed by atoms with E-state index in [-0.39, 0.29) is 49.0 Å². The average Bonchev–Trinajstić information content (AvgIpc) is 1.13. The Kier molecular flexibility index (Phi) is 22.9. The van der Waals surface area contributed by atoms with E-state index in [4.69, 9.17) is 38.1 Å². The number of carbonyl (C=O) groups excluding carboxylic acids is 3. The fraction of sp³-hybridized carbons (Fsp3) is 0.348. The van der Waals surface area contributed by atoms with Crippen molar-refractivity contribution in [3.8, 4) is 39.6 Å². The first-order valence-corrected chi connectivity index (χ1v) is 28.5. The van der Waals surface area contributed by atoms with E-state index >= 15 is 0 Å². The number of benzene rings is 6. The summed E-state index contributed by atoms with van der Waals surface area (Å²) in [6, 6.07) is 42.0. The van der Waals surface area contributed by atoms with Gasteiger partial charge < -0.3 is 53.6 Å². The smallest absolute Gasteiger partial charge is 0.336 e. The zero-order valence-electron chi connectivity index (χ0n) is 48.7. The van der Waals surface area contributed by atoms with Crippen molar-refractivity contribution in [2.24, 2.45) is 0 Å². The fourth-order valence-corrected chi connectivity index (χ4v) is 9.49. The number of aromatic carboxylic acids is 1. The zero-order valence-corrected chi connectivity index (χ0v) is 48.7. The minimum absolute atomic E-state index is 0.00626. The number of rotatable bonds is 33. The van der Waals surface area contributed by atoms with Crippen LogP contribution in [0.25, 0.3) is 55.7 Å². The minimum Gasteiger partial charge on any atom is -0.492 e. The molecule has 1 aliphatic carbocycles. The van der Waals surface area contributed by atoms with E-state index in [0.717, 1.165) is 74.9 Å². The number of carboxylic acids is 1. The van der Waals surface area contributed by atoms with Gasteiger partial charge in [-0.25, -0.2) is 19.3 Å². The molecule has 18 heteroatoms. The summed E-state index contributed by atoms with van der Waals surface area (Å²) in [6.07, 6.45) is 3.46. The molecule has 5 aromatic carbocycles. The van der Waals surface area contributed by atoms with Gasteiger partial charge in [0, 0.05) is 104 Å². The highest BCUT2D eigenvalue weighted by Crippen LogP contribution is 2.42. The molecule has 6 aromatic rings. The highest BCUT2D eigenvalue weighted by Gasteiger charge is 2.24. The molecule has 2 amide bonds. The molecule has 3 N–H and O–H groups in total. The highest BCUT2D eigenvalue weighted by atomic mass is 16.6. The van der Waals surface area contributed by atoms with E-state index in [2.05, 4.69) is 15.5 Å². The number of para-hydroxylation sites is 2. The number of unbranched alkanes of at least 4 members (excludes halogenated alkanes) is 2. The number of ether oxygens (including phenoxy) is 5. The lowest BCUT2D eigenvalue weighted by molar-refractivity contribution is -0.122. The van der Waals surface area contributed by atoms with Crippen molar-refractivity contribution in [3.05, 3.63) is 156 Å². The number of anilines is 2. The van der Waals surface area contributed by atoms with Gasteiger partial charge in [-0.15, -0.1) is 0 Å². The molecule has 1 aliphatic heterocycles. The Hall–Kier alpha value is -8.55. The first-order chi connectivity index (χ1) is 40.8. The van der Waals surface area contributed by atoms with Crippen molar-refractivity contribution >= 4 is 56.9 Å². The van der Waals surface area contributed by atoms with Crippen LogP contribution in [0.5, 0.6) is 5.75 Å². The van der Waals surface area contributed by atoms with Crippen molar-refractivity contribution in [1.82, 2.24) is 25.2 Å². The molecule has 1 aromatic heterocycles. The maximum absolute atomic E-state index is 13.2. The zero-order chi connectivity index (χ0) is 59.2. The summed E-state index contributed by atoms with van der Waals surface area (Å²) in [4.78, 5) is 65.0. The van der Waals surface area contributed by atoms with Crippen LogP contribution in [0.3, 0.4) is 0 Å². The third-order valence-electron chi connectivity index (χ3n) is 14.1. The lowest BCUT2D eigenvalue weighted by Crippen LogP contribution is -2.28. The molecule has 0 saturated carbocycles. The molecule has 0 unspecified atom stereocenters. The van der Waals surface area contributed by atoms with Gasteiger partial charge in [0.05, 0.1) is 76.5 Å². The Morgan fingerprint density at radius 2 is 1.33 bits per heavy atom. The Morgan fingerprint density at radius 1 is 0.631 bits per heavy atom. The number of likely N-dealkylation sites (N-methyl/N-ethyl adjacent to an activating group) is 1. The number of amides is 2. The molecule has 0 radical (unpaired) electrons. The van der Waals surface area contributed by atoms with Crippen molar-refractivity contribution in [2.75, 3.05) is 124 Å². The second-order valence-electron chi connectivity index (χ2n) is 20.7. The molecule has 0 saturated heterocycles. The van der Waals surface area contributed by atoms with Gasteiger partial charge in [-0.1, -0.05) is 67.1 Å². The number of hydrogen-bond donors (Lipinski definition) is 3. The number of aromatic nitrogens is 2. The Bertz CT molecular complexity index is 3530. The SMILES string of the molecule is CN(C)c1ccc2c(-c3ccc(C(=O)NCCOCCOCCOCCOCCC(=O)NCCCCCC(=O)Cc4ccc(-c5nc(N(C)CCOc6ccccc6)c6ccccc6n5)cc4)cc3C(=O)O)c3ccc(=[N+](C)C)cc-3oc2c1. The lowest BCUT2D eigenvalue weighted by Gasteiger charge is -2.21. The Labute approximate surface area is 490 Å². The predicted octanol–water partition coefficient (Wildman–Crippen LogP) is 8.80. The van der Waals surface area contributed by atoms with E-state index in [9.17, 15) is 24.3 Å². The second kappa shape index (κ2) is 31.2. The number of nitrogens with one attached hydrogen (secondary N) is 2. The van der Waals surface area contributed by atoms with Crippen LogP contribution in [0.1, 0.15) is 58.4 Å². The molecule has 0 atom stereocenters. The van der Waals surface area contributed by atoms with Gasteiger partial charge in [0.25, 0.3) is 5.91 Å². The molecule has 84 heavy (non-hydrogen) atoms. The number of carbonyl (C=O) groups is 4. The first kappa shape index (κ1) is 61.5. The number of hydrogen-bond acceptors (Lipinski definition) is 14. The standard InChI is InChI=1S/C66H75N7O11/c1-71(2)49-24-27-55-59(44-49)84-60-45-50(72(3)4)25-28-56(60)62(55)53-26-23-48(43-57(53)66(77)78)65(76)68-31-34-80-37-39-82-41-40-81-38-36-79-33-29-61(75)67-30-13-7-8-14-51(74)42-46-19-21-47(22-20-46)63-69-58-18-12-11-17-54(58)64(70-63)73(5)32-35-83-52-15-9-6-10-16-52/h6,9-12,15-28,43-45H,7-8,13-14,29-42H2,1-5H3,(H2-,67,68,75,76,77,78)/p+1. The first-order valence-electron chi connectivity index (χ1n) is 28.5. The third-order valence-corrected chi connectivity index (χ3v) is 14.1. The van der Waals surface area contributed by atoms with Gasteiger partial charge in [-0.2, -0.15) is 0 Å². The van der Waals surface area contributed by atoms with Gasteiger partial charge in [-0.3, -0.25) is 14.4 Å². The van der Waals surface area contributed by atoms with Crippen LogP contribution in [-0.4, -0.2) is 153 Å². The normalized spacial score (nSPS) is 11.2. The van der Waals surface area contributed by atoms with Crippen molar-refractivity contribution in [3.63, 3.8) is 0 Å². The number of Topliss-reactive ketones (excluding diaryl/α,β-unsaturated/α-hetero) is 1. The van der Waals surface area contributed by atoms with Gasteiger partial charge in [0.2, 0.25) is 11.3 Å². The average molecular weight is 1140 g/mol. The topological polar surface area (TPSA) is 207 Å². The van der Waals surface area contributed by atoms with E-state index in [0.29, 0.717) is 100 Å². The van der Waals surface area contributed by atoms with Crippen LogP contribution in [0.4, 0.5) is 11.5 Å². The largest absolute Gasteiger partial charge is 0.492 e. The van der Waals surface area contributed by atoms with Gasteiger partial charge in [0.15, 0.2) is 5.82 Å². The molecule has 18 nitrogen and oxygen atoms in total. The molecular formula is C66H76N7O11+. The highest BCUT2D eigenvalue weighted by molar-refractivity contribution is 6.09. The van der Waals surface area contributed by atoms with Crippen molar-refractivity contribution in [1.29, 1.82) is 0 Å². The van der Waals surface area contributed by atoms with Crippen LogP contribution < -0.4 is 35.1 Å². The maximum Gasteiger partial charge on any atom is 0.336 e. The summed E-state index contributed by atoms with van der Waals surface area (Å²) in [5.74, 6) is 1.39. The maximum atomic E-state index is 13.2. The summed E-state index contributed by atoms with van der Waals surface area (Å²) >= 11 is 0. The van der Waals surface area contributed by atoms with Crippen molar-refractivity contribution < 1.29 is 52.4 Å². The van der Waals surface area contributed by atoms with E-state index in [1.807, 2.05) is 160 Å². The molecule has 0 bridgehead atoms. The van der Waals surface area contributed by atoms with Crippen LogP contribution >= 0.6 is 0 Å². The van der Waals surface area contributed by atoms with Gasteiger partial charge in [-0.05, 0) is 78.6 Å². The molecule has 2 aliphatic rings. The molecule has 8 rings (SSSR count). The van der Waals surface area contributed by atoms with Crippen LogP contribution in [0.15, 0.2) is 138 Å². The number of carboxylic acid groups (broad SMARTS) is 1. The molecular weight excluding hydrogens is 1070 g/mol. The van der Waals surface area contributed by atoms with E-state index < -0.39 is 11.9 Å². The van der Waals surface area contributed by atoms with Gasteiger partial charge >= 0.3 is 5.97 Å². The second-order valence-corrected chi connectivity index (χ2v) is 20.7. The summed E-state index contributed by atoms with van der Waals surface area (Å²) in [7, 11) is 9.78. The monoisotopic (exact) mass is 1140 g/mol. The summed E-state index contributed by atoms with van der Waals surface area (Å²) in [5.41, 5.74) is 6.34. The third kappa shape index (κ3) is 17.5. The van der Waals surface area contributed by atoms with Gasteiger partial charge in [0.1, 0.15) is 49.4 Å². The van der Waals surface area contributed by atoms with Crippen molar-refractivity contribution in [2.45, 2.75) is 38.5 Å². The number of ketones is 1. The molecule has 0 spiro atoms. The minimum atomic E-state index is -1.16. The quantitative estimate of drug-likeness (QED) is 0.0200. The molecule has 0 fully saturated rings. The summed E-state index contributed by atoms with van der Waals surface area (Å²) < 4.78 is 36.7. The number of fused-ring (bicyclic) bond motifs is 3. The summed E-state index contributed by atoms with van der Waals surface area (Å²) in [5, 5.41) is 18.8. The molecule has 2 heterocycles. The van der Waals surface area contributed by atoms with E-state index in [1.165, 1.54) is 6.07 Å². The fourth-order valence-electron chi connectivity index (χ4n) is 9.49. The van der Waals surface area contributed by atoms with E-state index in [1.54, 1.807) is 12.1 Å². The summed E-state index contributed by atoms with van der Waals surface area (Å²) in [6.45, 7) is 4.51. The lowest BCUT2D eigenvalue weighted by atomic mass is 9.89. The Balaban J connectivity index is 0.632. The van der Waals surface area contributed by atoms with Crippen LogP contribution in [-0.2, 0) is 35.0 Å². The molecule has 440 valence electrons.